The van der Waals surface area contributed by atoms with Crippen molar-refractivity contribution < 1.29 is 8.85 Å². The molecule has 0 atom stereocenters. The van der Waals surface area contributed by atoms with Gasteiger partial charge in [-0.15, -0.1) is 0 Å². The number of hydrogen-bond donors (Lipinski definition) is 0. The molecular weight excluding hydrogens is 254 g/mol. The van der Waals surface area contributed by atoms with Crippen LogP contribution in [0.3, 0.4) is 0 Å². The Labute approximate surface area is 121 Å². The monoisotopic (exact) mass is 287 g/mol. The van der Waals surface area contributed by atoms with Crippen LogP contribution in [-0.4, -0.2) is 34.0 Å². The minimum Gasteiger partial charge on any atom is -0.394 e. The van der Waals surface area contributed by atoms with E-state index in [1.54, 1.807) is 0 Å². The maximum Gasteiger partial charge on any atom is 0.337 e. The molecule has 4 heteroatoms. The number of rotatable bonds is 11. The molecule has 0 saturated carbocycles. The summed E-state index contributed by atoms with van der Waals surface area (Å²) in [7, 11) is -1.94. The summed E-state index contributed by atoms with van der Waals surface area (Å²) in [6, 6.07) is 2.09. The number of nitrogens with zero attached hydrogens (tertiary/aromatic N) is 1. The van der Waals surface area contributed by atoms with Gasteiger partial charge >= 0.3 is 8.56 Å². The summed E-state index contributed by atoms with van der Waals surface area (Å²) >= 11 is 0. The summed E-state index contributed by atoms with van der Waals surface area (Å²) in [5.41, 5.74) is 1.27. The third-order valence-corrected chi connectivity index (χ3v) is 6.98. The lowest BCUT2D eigenvalue weighted by atomic mass is 10.1. The molecule has 0 rings (SSSR count). The molecule has 0 heterocycles. The van der Waals surface area contributed by atoms with Crippen LogP contribution in [0.4, 0.5) is 0 Å². The molecule has 0 N–H and O–H groups in total. The lowest BCUT2D eigenvalue weighted by Gasteiger charge is -2.28. The molecule has 0 aromatic carbocycles. The van der Waals surface area contributed by atoms with Gasteiger partial charge in [-0.3, -0.25) is 4.99 Å². The molecule has 0 aliphatic rings. The maximum absolute atomic E-state index is 5.96. The second-order valence-electron chi connectivity index (χ2n) is 5.45. The molecule has 0 spiro atoms. The second kappa shape index (κ2) is 10.6. The third kappa shape index (κ3) is 8.55. The van der Waals surface area contributed by atoms with E-state index in [4.69, 9.17) is 8.85 Å². The Balaban J connectivity index is 4.18. The van der Waals surface area contributed by atoms with Gasteiger partial charge in [0.05, 0.1) is 0 Å². The van der Waals surface area contributed by atoms with Crippen molar-refractivity contribution in [2.24, 2.45) is 10.9 Å². The molecule has 0 saturated heterocycles. The van der Waals surface area contributed by atoms with Crippen LogP contribution in [0.5, 0.6) is 0 Å². The van der Waals surface area contributed by atoms with E-state index < -0.39 is 8.56 Å². The minimum absolute atomic E-state index is 0.694. The first-order valence-corrected chi connectivity index (χ1v) is 10.0. The third-order valence-electron chi connectivity index (χ3n) is 3.15. The van der Waals surface area contributed by atoms with Crippen LogP contribution in [-0.2, 0) is 8.85 Å². The molecule has 0 fully saturated rings. The van der Waals surface area contributed by atoms with Gasteiger partial charge < -0.3 is 8.85 Å². The Hall–Kier alpha value is -0.193. The van der Waals surface area contributed by atoms with Crippen molar-refractivity contribution in [2.75, 3.05) is 19.8 Å². The van der Waals surface area contributed by atoms with Crippen LogP contribution >= 0.6 is 0 Å². The lowest BCUT2D eigenvalue weighted by Crippen LogP contribution is -2.41. The van der Waals surface area contributed by atoms with E-state index in [-0.39, 0.29) is 0 Å². The fourth-order valence-electron chi connectivity index (χ4n) is 2.37. The highest BCUT2D eigenvalue weighted by atomic mass is 28.4. The molecule has 0 aliphatic carbocycles. The van der Waals surface area contributed by atoms with Gasteiger partial charge in [-0.25, -0.2) is 0 Å². The summed E-state index contributed by atoms with van der Waals surface area (Å²) < 4.78 is 11.9. The largest absolute Gasteiger partial charge is 0.394 e. The highest BCUT2D eigenvalue weighted by Gasteiger charge is 2.34. The zero-order valence-corrected chi connectivity index (χ0v) is 14.8. The predicted molar refractivity (Wildman–Crippen MR) is 86.3 cm³/mol. The fourth-order valence-corrected chi connectivity index (χ4v) is 5.25. The van der Waals surface area contributed by atoms with Crippen molar-refractivity contribution in [1.29, 1.82) is 0 Å². The Morgan fingerprint density at radius 1 is 1.11 bits per heavy atom. The molecule has 0 aromatic heterocycles. The average Bonchev–Trinajstić information content (AvgIpc) is 2.34. The summed E-state index contributed by atoms with van der Waals surface area (Å²) in [4.78, 5) is 4.65. The van der Waals surface area contributed by atoms with Crippen LogP contribution in [0.25, 0.3) is 0 Å². The molecule has 0 bridgehead atoms. The van der Waals surface area contributed by atoms with Gasteiger partial charge in [0.15, 0.2) is 0 Å². The summed E-state index contributed by atoms with van der Waals surface area (Å²) in [6.07, 6.45) is 2.18. The van der Waals surface area contributed by atoms with Gasteiger partial charge in [0.25, 0.3) is 0 Å². The summed E-state index contributed by atoms with van der Waals surface area (Å²) in [5, 5.41) is 0. The second-order valence-corrected chi connectivity index (χ2v) is 9.05. The molecule has 114 valence electrons. The summed E-state index contributed by atoms with van der Waals surface area (Å²) in [5.74, 6) is 0.694. The van der Waals surface area contributed by atoms with Gasteiger partial charge in [0.2, 0.25) is 0 Å². The van der Waals surface area contributed by atoms with Gasteiger partial charge in [-0.2, -0.15) is 0 Å². The van der Waals surface area contributed by atoms with E-state index in [1.807, 2.05) is 0 Å². The summed E-state index contributed by atoms with van der Waals surface area (Å²) in [6.45, 7) is 15.3. The van der Waals surface area contributed by atoms with Gasteiger partial charge in [0, 0.05) is 25.5 Å². The van der Waals surface area contributed by atoms with Crippen molar-refractivity contribution in [3.63, 3.8) is 0 Å². The van der Waals surface area contributed by atoms with E-state index >= 15 is 0 Å². The predicted octanol–water partition coefficient (Wildman–Crippen LogP) is 4.42. The van der Waals surface area contributed by atoms with Crippen LogP contribution in [0.15, 0.2) is 4.99 Å². The van der Waals surface area contributed by atoms with Gasteiger partial charge in [0.1, 0.15) is 0 Å². The molecule has 0 amide bonds. The molecule has 0 aliphatic heterocycles. The van der Waals surface area contributed by atoms with Crippen molar-refractivity contribution in [3.05, 3.63) is 0 Å². The Kier molecular flexibility index (Phi) is 10.5. The van der Waals surface area contributed by atoms with E-state index in [2.05, 4.69) is 46.5 Å². The topological polar surface area (TPSA) is 30.8 Å². The van der Waals surface area contributed by atoms with Crippen LogP contribution < -0.4 is 0 Å². The smallest absolute Gasteiger partial charge is 0.337 e. The Morgan fingerprint density at radius 2 is 1.68 bits per heavy atom. The van der Waals surface area contributed by atoms with E-state index in [1.165, 1.54) is 5.71 Å². The molecule has 19 heavy (non-hydrogen) atoms. The molecular formula is C15H33NO2Si. The zero-order chi connectivity index (χ0) is 14.7. The molecule has 0 unspecified atom stereocenters. The van der Waals surface area contributed by atoms with E-state index in [0.29, 0.717) is 5.92 Å². The minimum atomic E-state index is -1.94. The molecule has 0 radical (unpaired) electrons. The van der Waals surface area contributed by atoms with Crippen LogP contribution in [0, 0.1) is 5.92 Å². The van der Waals surface area contributed by atoms with E-state index in [9.17, 15) is 0 Å². The average molecular weight is 288 g/mol. The van der Waals surface area contributed by atoms with Crippen LogP contribution in [0.2, 0.25) is 12.1 Å². The van der Waals surface area contributed by atoms with Crippen molar-refractivity contribution >= 4 is 14.3 Å². The Bertz CT molecular complexity index is 249. The first-order chi connectivity index (χ1) is 8.99. The normalized spacial score (nSPS) is 13.3. The van der Waals surface area contributed by atoms with Crippen molar-refractivity contribution in [3.8, 4) is 0 Å². The van der Waals surface area contributed by atoms with Crippen molar-refractivity contribution in [2.45, 2.75) is 66.5 Å². The zero-order valence-electron chi connectivity index (χ0n) is 13.8. The van der Waals surface area contributed by atoms with Gasteiger partial charge in [-0.1, -0.05) is 20.8 Å². The van der Waals surface area contributed by atoms with Crippen LogP contribution in [0.1, 0.15) is 54.4 Å². The quantitative estimate of drug-likeness (QED) is 0.320. The number of hydrogen-bond acceptors (Lipinski definition) is 3. The first kappa shape index (κ1) is 18.8. The van der Waals surface area contributed by atoms with Crippen molar-refractivity contribution in [1.82, 2.24) is 0 Å². The highest BCUT2D eigenvalue weighted by Crippen LogP contribution is 2.21. The SMILES string of the molecule is CCO[Si](CC)(CCCN=C(C)CC(C)C)OCC. The van der Waals surface area contributed by atoms with E-state index in [0.717, 1.165) is 44.7 Å². The Morgan fingerprint density at radius 3 is 2.11 bits per heavy atom. The number of aliphatic imine (C=N–C) groups is 1. The standard InChI is InChI=1S/C15H33NO2Si/c1-7-17-19(9-3,18-8-2)12-10-11-16-15(6)13-14(4)5/h14H,7-13H2,1-6H3. The highest BCUT2D eigenvalue weighted by molar-refractivity contribution is 6.67. The maximum atomic E-state index is 5.96. The molecule has 0 aromatic rings. The lowest BCUT2D eigenvalue weighted by molar-refractivity contribution is 0.183. The first-order valence-electron chi connectivity index (χ1n) is 7.77. The van der Waals surface area contributed by atoms with Gasteiger partial charge in [-0.05, 0) is 51.6 Å². The molecule has 3 nitrogen and oxygen atoms in total. The fraction of sp³-hybridized carbons (Fsp3) is 0.933.